The fourth-order valence-electron chi connectivity index (χ4n) is 2.42. The molecule has 0 bridgehead atoms. The molecule has 3 aromatic rings. The largest absolute Gasteiger partial charge is 0.465 e. The molecule has 3 rings (SSSR count). The third-order valence-corrected chi connectivity index (χ3v) is 4.36. The molecule has 0 spiro atoms. The van der Waals surface area contributed by atoms with Crippen molar-refractivity contribution < 1.29 is 9.90 Å². The van der Waals surface area contributed by atoms with Crippen molar-refractivity contribution in [1.82, 2.24) is 9.88 Å². The summed E-state index contributed by atoms with van der Waals surface area (Å²) in [6.45, 7) is 0.832. The Labute approximate surface area is 131 Å². The predicted octanol–water partition coefficient (Wildman–Crippen LogP) is 3.00. The first-order valence-corrected chi connectivity index (χ1v) is 7.62. The number of hydrogen-bond acceptors (Lipinski definition) is 3. The van der Waals surface area contributed by atoms with E-state index in [4.69, 9.17) is 10.5 Å². The van der Waals surface area contributed by atoms with Crippen molar-refractivity contribution in [1.29, 1.82) is 5.41 Å². The van der Waals surface area contributed by atoms with Gasteiger partial charge >= 0.3 is 6.09 Å². The summed E-state index contributed by atoms with van der Waals surface area (Å²) in [7, 11) is 0. The molecule has 5 nitrogen and oxygen atoms in total. The van der Waals surface area contributed by atoms with E-state index in [9.17, 15) is 4.79 Å². The maximum Gasteiger partial charge on any atom is 0.404 e. The van der Waals surface area contributed by atoms with Crippen LogP contribution in [0, 0.1) is 5.41 Å². The molecule has 2 aromatic carbocycles. The van der Waals surface area contributed by atoms with Crippen molar-refractivity contribution in [2.24, 2.45) is 0 Å². The molecular formula is C16H15N3O2S. The van der Waals surface area contributed by atoms with Gasteiger partial charge in [-0.2, -0.15) is 0 Å². The number of amides is 1. The van der Waals surface area contributed by atoms with Crippen molar-refractivity contribution >= 4 is 28.2 Å². The van der Waals surface area contributed by atoms with Gasteiger partial charge in [-0.3, -0.25) is 5.41 Å². The maximum absolute atomic E-state index is 10.5. The summed E-state index contributed by atoms with van der Waals surface area (Å²) in [6.07, 6.45) is 0.783. The average Bonchev–Trinajstić information content (AvgIpc) is 2.86. The summed E-state index contributed by atoms with van der Waals surface area (Å²) >= 11 is 1.28. The van der Waals surface area contributed by atoms with Crippen LogP contribution in [0.15, 0.2) is 48.7 Å². The highest BCUT2D eigenvalue weighted by atomic mass is 32.1. The molecule has 0 unspecified atom stereocenters. The van der Waals surface area contributed by atoms with E-state index < -0.39 is 6.09 Å². The van der Waals surface area contributed by atoms with Gasteiger partial charge in [0, 0.05) is 11.1 Å². The number of carbonyl (C=O) groups is 1. The molecule has 1 amide bonds. The Morgan fingerprint density at radius 1 is 1.23 bits per heavy atom. The molecule has 1 heterocycles. The van der Waals surface area contributed by atoms with Crippen LogP contribution in [-0.4, -0.2) is 15.8 Å². The quantitative estimate of drug-likeness (QED) is 0.692. The van der Waals surface area contributed by atoms with Crippen molar-refractivity contribution in [3.05, 3.63) is 63.9 Å². The van der Waals surface area contributed by atoms with Gasteiger partial charge in [-0.1, -0.05) is 42.5 Å². The molecule has 6 heteroatoms. The SMILES string of the molecule is N=c1sc(CNC(=O)O)cn1Cc1cccc2ccccc12. The standard InChI is InChI=1S/C16H15N3O2S/c17-15-19(10-13(22-15)8-18-16(20)21)9-12-6-3-5-11-4-1-2-7-14(11)12/h1-7,10,17-18H,8-9H2,(H,20,21). The monoisotopic (exact) mass is 313 g/mol. The minimum absolute atomic E-state index is 0.231. The number of rotatable bonds is 4. The zero-order valence-corrected chi connectivity index (χ0v) is 12.6. The number of carboxylic acid groups (broad SMARTS) is 1. The lowest BCUT2D eigenvalue weighted by Crippen LogP contribution is -2.19. The van der Waals surface area contributed by atoms with Crippen LogP contribution in [0.2, 0.25) is 0 Å². The van der Waals surface area contributed by atoms with Gasteiger partial charge in [-0.05, 0) is 16.3 Å². The topological polar surface area (TPSA) is 78.1 Å². The van der Waals surface area contributed by atoms with E-state index in [1.807, 2.05) is 29.0 Å². The molecule has 0 saturated heterocycles. The van der Waals surface area contributed by atoms with Gasteiger partial charge in [-0.15, -0.1) is 11.3 Å². The highest BCUT2D eigenvalue weighted by Crippen LogP contribution is 2.19. The lowest BCUT2D eigenvalue weighted by molar-refractivity contribution is 0.194. The third kappa shape index (κ3) is 3.01. The van der Waals surface area contributed by atoms with Gasteiger partial charge in [0.15, 0.2) is 4.80 Å². The fourth-order valence-corrected chi connectivity index (χ4v) is 3.22. The van der Waals surface area contributed by atoms with Crippen molar-refractivity contribution in [2.75, 3.05) is 0 Å². The minimum Gasteiger partial charge on any atom is -0.465 e. The highest BCUT2D eigenvalue weighted by Gasteiger charge is 2.06. The summed E-state index contributed by atoms with van der Waals surface area (Å²) in [4.78, 5) is 11.8. The van der Waals surface area contributed by atoms with E-state index >= 15 is 0 Å². The Kier molecular flexibility index (Phi) is 3.93. The Balaban J connectivity index is 1.89. The van der Waals surface area contributed by atoms with Gasteiger partial charge in [0.05, 0.1) is 13.1 Å². The Morgan fingerprint density at radius 2 is 2.00 bits per heavy atom. The molecule has 0 aliphatic carbocycles. The van der Waals surface area contributed by atoms with Gasteiger partial charge in [0.25, 0.3) is 0 Å². The van der Waals surface area contributed by atoms with E-state index in [0.29, 0.717) is 11.3 Å². The number of aromatic nitrogens is 1. The second-order valence-corrected chi connectivity index (χ2v) is 6.04. The van der Waals surface area contributed by atoms with Crippen LogP contribution in [0.4, 0.5) is 4.79 Å². The van der Waals surface area contributed by atoms with Crippen molar-refractivity contribution in [2.45, 2.75) is 13.1 Å². The Hall–Kier alpha value is -2.60. The fraction of sp³-hybridized carbons (Fsp3) is 0.125. The molecule has 0 aliphatic heterocycles. The number of nitrogens with zero attached hydrogens (tertiary/aromatic N) is 1. The Bertz CT molecular complexity index is 877. The number of nitrogens with one attached hydrogen (secondary N) is 2. The van der Waals surface area contributed by atoms with Crippen LogP contribution in [0.25, 0.3) is 10.8 Å². The van der Waals surface area contributed by atoms with E-state index in [1.54, 1.807) is 0 Å². The lowest BCUT2D eigenvalue weighted by Gasteiger charge is -2.07. The van der Waals surface area contributed by atoms with Crippen molar-refractivity contribution in [3.8, 4) is 0 Å². The van der Waals surface area contributed by atoms with Gasteiger partial charge in [0.2, 0.25) is 0 Å². The molecule has 0 saturated carbocycles. The maximum atomic E-state index is 10.5. The van der Waals surface area contributed by atoms with Crippen LogP contribution in [0.1, 0.15) is 10.4 Å². The predicted molar refractivity (Wildman–Crippen MR) is 86.1 cm³/mol. The van der Waals surface area contributed by atoms with Crippen molar-refractivity contribution in [3.63, 3.8) is 0 Å². The number of benzene rings is 2. The smallest absolute Gasteiger partial charge is 0.404 e. The lowest BCUT2D eigenvalue weighted by atomic mass is 10.0. The third-order valence-electron chi connectivity index (χ3n) is 3.42. The number of thiazole rings is 1. The van der Waals surface area contributed by atoms with E-state index in [2.05, 4.69) is 29.6 Å². The zero-order valence-electron chi connectivity index (χ0n) is 11.7. The first kappa shape index (κ1) is 14.3. The molecule has 3 N–H and O–H groups in total. The molecule has 22 heavy (non-hydrogen) atoms. The summed E-state index contributed by atoms with van der Waals surface area (Å²) < 4.78 is 1.84. The van der Waals surface area contributed by atoms with Crippen LogP contribution in [0.5, 0.6) is 0 Å². The van der Waals surface area contributed by atoms with Crippen LogP contribution >= 0.6 is 11.3 Å². The molecule has 0 radical (unpaired) electrons. The summed E-state index contributed by atoms with van der Waals surface area (Å²) in [5.41, 5.74) is 1.15. The van der Waals surface area contributed by atoms with Crippen LogP contribution < -0.4 is 10.1 Å². The molecular weight excluding hydrogens is 298 g/mol. The second kappa shape index (κ2) is 6.03. The van der Waals surface area contributed by atoms with Gasteiger partial charge in [-0.25, -0.2) is 4.79 Å². The summed E-state index contributed by atoms with van der Waals surface area (Å²) in [5, 5.41) is 21.4. The normalized spacial score (nSPS) is 10.7. The Morgan fingerprint density at radius 3 is 2.82 bits per heavy atom. The molecule has 0 aliphatic rings. The van der Waals surface area contributed by atoms with Crippen LogP contribution in [-0.2, 0) is 13.1 Å². The van der Waals surface area contributed by atoms with Crippen LogP contribution in [0.3, 0.4) is 0 Å². The first-order valence-electron chi connectivity index (χ1n) is 6.80. The van der Waals surface area contributed by atoms with Gasteiger partial charge in [0.1, 0.15) is 0 Å². The highest BCUT2D eigenvalue weighted by molar-refractivity contribution is 7.09. The molecule has 0 fully saturated rings. The summed E-state index contributed by atoms with van der Waals surface area (Å²) in [6, 6.07) is 14.3. The first-order chi connectivity index (χ1) is 10.6. The minimum atomic E-state index is -1.06. The number of fused-ring (bicyclic) bond motifs is 1. The van der Waals surface area contributed by atoms with E-state index in [1.165, 1.54) is 22.1 Å². The van der Waals surface area contributed by atoms with E-state index in [-0.39, 0.29) is 6.54 Å². The second-order valence-electron chi connectivity index (χ2n) is 4.93. The summed E-state index contributed by atoms with van der Waals surface area (Å²) in [5.74, 6) is 0. The molecule has 1 aromatic heterocycles. The molecule has 112 valence electrons. The van der Waals surface area contributed by atoms with Gasteiger partial charge < -0.3 is 15.0 Å². The molecule has 0 atom stereocenters. The zero-order chi connectivity index (χ0) is 15.5. The number of hydrogen-bond donors (Lipinski definition) is 3. The average molecular weight is 313 g/mol. The van der Waals surface area contributed by atoms with E-state index in [0.717, 1.165) is 10.4 Å².